The zero-order valence-corrected chi connectivity index (χ0v) is 10.3. The molecule has 0 aliphatic heterocycles. The molecule has 0 saturated heterocycles. The first kappa shape index (κ1) is 12.0. The lowest BCUT2D eigenvalue weighted by atomic mass is 9.99. The van der Waals surface area contributed by atoms with Crippen LogP contribution in [0.2, 0.25) is 0 Å². The van der Waals surface area contributed by atoms with Crippen LogP contribution in [0.15, 0.2) is 0 Å². The Morgan fingerprint density at radius 1 is 1.43 bits per heavy atom. The molecule has 14 heavy (non-hydrogen) atoms. The fourth-order valence-electron chi connectivity index (χ4n) is 1.70. The van der Waals surface area contributed by atoms with Crippen molar-refractivity contribution in [2.75, 3.05) is 13.7 Å². The van der Waals surface area contributed by atoms with Crippen LogP contribution in [-0.2, 0) is 4.74 Å². The van der Waals surface area contributed by atoms with Gasteiger partial charge in [0.05, 0.1) is 5.60 Å². The Hall–Kier alpha value is -0.0800. The Bertz CT molecular complexity index is 185. The van der Waals surface area contributed by atoms with Crippen molar-refractivity contribution >= 4 is 0 Å². The van der Waals surface area contributed by atoms with Crippen molar-refractivity contribution in [3.05, 3.63) is 0 Å². The molecule has 84 valence electrons. The zero-order chi connectivity index (χ0) is 10.8. The van der Waals surface area contributed by atoms with Gasteiger partial charge in [-0.15, -0.1) is 0 Å². The third kappa shape index (κ3) is 3.97. The summed E-state index contributed by atoms with van der Waals surface area (Å²) in [5.74, 6) is 0. The summed E-state index contributed by atoms with van der Waals surface area (Å²) in [7, 11) is 1.79. The lowest BCUT2D eigenvalue weighted by Crippen LogP contribution is -2.37. The molecule has 0 bridgehead atoms. The lowest BCUT2D eigenvalue weighted by Gasteiger charge is -2.27. The van der Waals surface area contributed by atoms with Crippen molar-refractivity contribution in [2.45, 2.75) is 58.6 Å². The molecular weight excluding hydrogens is 174 g/mol. The van der Waals surface area contributed by atoms with Gasteiger partial charge in [-0.05, 0) is 45.4 Å². The molecule has 1 atom stereocenters. The van der Waals surface area contributed by atoms with E-state index >= 15 is 0 Å². The van der Waals surface area contributed by atoms with Crippen LogP contribution < -0.4 is 5.32 Å². The third-order valence-corrected chi connectivity index (χ3v) is 3.33. The van der Waals surface area contributed by atoms with Crippen molar-refractivity contribution in [2.24, 2.45) is 5.41 Å². The molecule has 0 heterocycles. The molecule has 1 fully saturated rings. The van der Waals surface area contributed by atoms with Crippen molar-refractivity contribution in [3.8, 4) is 0 Å². The fourth-order valence-corrected chi connectivity index (χ4v) is 1.70. The highest BCUT2D eigenvalue weighted by Crippen LogP contribution is 2.44. The topological polar surface area (TPSA) is 21.3 Å². The van der Waals surface area contributed by atoms with Gasteiger partial charge in [-0.25, -0.2) is 0 Å². The fraction of sp³-hybridized carbons (Fsp3) is 1.00. The van der Waals surface area contributed by atoms with Crippen LogP contribution in [0.4, 0.5) is 0 Å². The Labute approximate surface area is 88.4 Å². The maximum absolute atomic E-state index is 5.42. The minimum Gasteiger partial charge on any atom is -0.379 e. The number of nitrogens with one attached hydrogen (secondary N) is 1. The zero-order valence-electron chi connectivity index (χ0n) is 10.3. The molecule has 1 aliphatic carbocycles. The van der Waals surface area contributed by atoms with Crippen LogP contribution in [-0.4, -0.2) is 25.3 Å². The molecule has 2 nitrogen and oxygen atoms in total. The first-order valence-corrected chi connectivity index (χ1v) is 5.65. The Balaban J connectivity index is 2.18. The average molecular weight is 199 g/mol. The molecule has 1 aliphatic rings. The van der Waals surface area contributed by atoms with Crippen LogP contribution in [0.25, 0.3) is 0 Å². The SMILES string of the molecule is COC(C)(C)CC(C)NCC1(C)CC1. The van der Waals surface area contributed by atoms with Gasteiger partial charge in [-0.1, -0.05) is 6.92 Å². The van der Waals surface area contributed by atoms with E-state index in [1.807, 2.05) is 0 Å². The van der Waals surface area contributed by atoms with E-state index in [4.69, 9.17) is 4.74 Å². The summed E-state index contributed by atoms with van der Waals surface area (Å²) in [5.41, 5.74) is 0.600. The maximum atomic E-state index is 5.42. The first-order chi connectivity index (χ1) is 6.37. The number of hydrogen-bond acceptors (Lipinski definition) is 2. The summed E-state index contributed by atoms with van der Waals surface area (Å²) in [6, 6.07) is 0.544. The molecule has 1 rings (SSSR count). The van der Waals surface area contributed by atoms with Gasteiger partial charge in [0.15, 0.2) is 0 Å². The van der Waals surface area contributed by atoms with Gasteiger partial charge in [0.2, 0.25) is 0 Å². The standard InChI is InChI=1S/C12H25NO/c1-10(8-11(2,3)14-5)13-9-12(4)6-7-12/h10,13H,6-9H2,1-5H3. The van der Waals surface area contributed by atoms with Gasteiger partial charge < -0.3 is 10.1 Å². The van der Waals surface area contributed by atoms with Gasteiger partial charge in [0.1, 0.15) is 0 Å². The molecule has 1 saturated carbocycles. The largest absolute Gasteiger partial charge is 0.379 e. The van der Waals surface area contributed by atoms with Crippen LogP contribution in [0, 0.1) is 5.41 Å². The van der Waals surface area contributed by atoms with Crippen LogP contribution >= 0.6 is 0 Å². The quantitative estimate of drug-likeness (QED) is 0.710. The van der Waals surface area contributed by atoms with E-state index in [0.29, 0.717) is 11.5 Å². The van der Waals surface area contributed by atoms with Crippen molar-refractivity contribution in [1.82, 2.24) is 5.32 Å². The molecule has 0 aromatic heterocycles. The van der Waals surface area contributed by atoms with Crippen LogP contribution in [0.1, 0.15) is 47.0 Å². The highest BCUT2D eigenvalue weighted by Gasteiger charge is 2.37. The van der Waals surface area contributed by atoms with E-state index < -0.39 is 0 Å². The molecule has 0 spiro atoms. The summed E-state index contributed by atoms with van der Waals surface area (Å²) < 4.78 is 5.42. The molecule has 0 aromatic carbocycles. The minimum absolute atomic E-state index is 0.00310. The summed E-state index contributed by atoms with van der Waals surface area (Å²) in [6.45, 7) is 10.0. The van der Waals surface area contributed by atoms with Crippen molar-refractivity contribution < 1.29 is 4.74 Å². The highest BCUT2D eigenvalue weighted by atomic mass is 16.5. The molecule has 0 amide bonds. The van der Waals surface area contributed by atoms with Gasteiger partial charge >= 0.3 is 0 Å². The van der Waals surface area contributed by atoms with E-state index in [0.717, 1.165) is 13.0 Å². The number of hydrogen-bond donors (Lipinski definition) is 1. The second kappa shape index (κ2) is 4.19. The molecule has 0 aromatic rings. The second-order valence-corrected chi connectivity index (χ2v) is 5.76. The van der Waals surface area contributed by atoms with Gasteiger partial charge in [-0.3, -0.25) is 0 Å². The third-order valence-electron chi connectivity index (χ3n) is 3.33. The summed E-state index contributed by atoms with van der Waals surface area (Å²) in [5, 5.41) is 3.60. The summed E-state index contributed by atoms with van der Waals surface area (Å²) in [6.07, 6.45) is 3.85. The van der Waals surface area contributed by atoms with Gasteiger partial charge in [0.25, 0.3) is 0 Å². The van der Waals surface area contributed by atoms with E-state index in [2.05, 4.69) is 33.0 Å². The van der Waals surface area contributed by atoms with Crippen LogP contribution in [0.5, 0.6) is 0 Å². The molecule has 0 radical (unpaired) electrons. The highest BCUT2D eigenvalue weighted by molar-refractivity contribution is 4.91. The molecule has 1 N–H and O–H groups in total. The lowest BCUT2D eigenvalue weighted by molar-refractivity contribution is 0.00826. The normalized spacial score (nSPS) is 22.1. The van der Waals surface area contributed by atoms with Crippen molar-refractivity contribution in [3.63, 3.8) is 0 Å². The predicted octanol–water partition coefficient (Wildman–Crippen LogP) is 2.58. The Kier molecular flexibility index (Phi) is 3.59. The second-order valence-electron chi connectivity index (χ2n) is 5.76. The summed E-state index contributed by atoms with van der Waals surface area (Å²) >= 11 is 0. The average Bonchev–Trinajstić information content (AvgIpc) is 2.81. The number of methoxy groups -OCH3 is 1. The van der Waals surface area contributed by atoms with E-state index in [1.165, 1.54) is 12.8 Å². The number of ether oxygens (including phenoxy) is 1. The summed E-state index contributed by atoms with van der Waals surface area (Å²) in [4.78, 5) is 0. The number of rotatable bonds is 6. The molecule has 1 unspecified atom stereocenters. The smallest absolute Gasteiger partial charge is 0.0637 e. The van der Waals surface area contributed by atoms with Gasteiger partial charge in [-0.2, -0.15) is 0 Å². The molecular formula is C12H25NO. The van der Waals surface area contributed by atoms with E-state index in [1.54, 1.807) is 7.11 Å². The van der Waals surface area contributed by atoms with Gasteiger partial charge in [0, 0.05) is 19.7 Å². The van der Waals surface area contributed by atoms with E-state index in [9.17, 15) is 0 Å². The minimum atomic E-state index is -0.00310. The maximum Gasteiger partial charge on any atom is 0.0637 e. The van der Waals surface area contributed by atoms with Crippen LogP contribution in [0.3, 0.4) is 0 Å². The monoisotopic (exact) mass is 199 g/mol. The van der Waals surface area contributed by atoms with E-state index in [-0.39, 0.29) is 5.60 Å². The molecule has 2 heteroatoms. The first-order valence-electron chi connectivity index (χ1n) is 5.65. The predicted molar refractivity (Wildman–Crippen MR) is 60.5 cm³/mol. The Morgan fingerprint density at radius 3 is 2.43 bits per heavy atom. The van der Waals surface area contributed by atoms with Crippen molar-refractivity contribution in [1.29, 1.82) is 0 Å². The Morgan fingerprint density at radius 2 is 2.00 bits per heavy atom.